The van der Waals surface area contributed by atoms with Crippen LogP contribution in [0.2, 0.25) is 0 Å². The Bertz CT molecular complexity index is 1060. The number of piperidine rings is 1. The summed E-state index contributed by atoms with van der Waals surface area (Å²) in [5.74, 6) is -0.586. The molecule has 0 spiro atoms. The van der Waals surface area contributed by atoms with Crippen LogP contribution >= 0.6 is 0 Å². The minimum absolute atomic E-state index is 0.144. The topological polar surface area (TPSA) is 65.6 Å². The molecule has 2 aliphatic heterocycles. The van der Waals surface area contributed by atoms with Gasteiger partial charge < -0.3 is 14.8 Å². The third-order valence-corrected chi connectivity index (χ3v) is 6.38. The number of benzene rings is 2. The maximum absolute atomic E-state index is 13.5. The molecule has 2 aliphatic rings. The minimum Gasteiger partial charge on any atom is -0.468 e. The number of halogens is 1. The van der Waals surface area contributed by atoms with E-state index in [1.54, 1.807) is 12.1 Å². The summed E-state index contributed by atoms with van der Waals surface area (Å²) in [5.41, 5.74) is 4.09. The Balaban J connectivity index is 1.67. The molecule has 3 aromatic rings. The number of ether oxygens (including phenoxy) is 1. The fraction of sp³-hybridized carbons (Fsp3) is 0.348. The smallest absolute Gasteiger partial charge is 0.323 e. The molecule has 0 bridgehead atoms. The summed E-state index contributed by atoms with van der Waals surface area (Å²) in [7, 11) is 1.41. The Morgan fingerprint density at radius 3 is 2.62 bits per heavy atom. The molecule has 4 atom stereocenters. The molecule has 1 fully saturated rings. The third-order valence-electron chi connectivity index (χ3n) is 6.38. The van der Waals surface area contributed by atoms with Gasteiger partial charge in [-0.1, -0.05) is 30.3 Å². The third kappa shape index (κ3) is 2.94. The monoisotopic (exact) mass is 394 g/mol. The highest BCUT2D eigenvalue weighted by Gasteiger charge is 2.48. The predicted octanol–water partition coefficient (Wildman–Crippen LogP) is 3.64. The molecule has 2 N–H and O–H groups in total. The van der Waals surface area contributed by atoms with Gasteiger partial charge in [0, 0.05) is 29.1 Å². The Labute approximate surface area is 168 Å². The van der Waals surface area contributed by atoms with Crippen molar-refractivity contribution in [3.63, 3.8) is 0 Å². The van der Waals surface area contributed by atoms with Crippen molar-refractivity contribution < 1.29 is 19.0 Å². The van der Waals surface area contributed by atoms with Crippen LogP contribution in [0.3, 0.4) is 0 Å². The van der Waals surface area contributed by atoms with E-state index in [2.05, 4.69) is 16.0 Å². The lowest BCUT2D eigenvalue weighted by atomic mass is 9.80. The van der Waals surface area contributed by atoms with Gasteiger partial charge in [-0.2, -0.15) is 0 Å². The molecule has 5 nitrogen and oxygen atoms in total. The number of aromatic nitrogens is 1. The largest absolute Gasteiger partial charge is 0.468 e. The summed E-state index contributed by atoms with van der Waals surface area (Å²) in [4.78, 5) is 18.5. The van der Waals surface area contributed by atoms with E-state index in [1.807, 2.05) is 18.2 Å². The molecular weight excluding hydrogens is 371 g/mol. The number of carbonyl (C=O) groups is 1. The average molecular weight is 394 g/mol. The quantitative estimate of drug-likeness (QED) is 0.652. The van der Waals surface area contributed by atoms with Crippen LogP contribution in [-0.4, -0.2) is 40.2 Å². The Kier molecular flexibility index (Phi) is 4.41. The van der Waals surface area contributed by atoms with E-state index in [0.717, 1.165) is 27.7 Å². The zero-order valence-electron chi connectivity index (χ0n) is 16.1. The van der Waals surface area contributed by atoms with Crippen LogP contribution < -0.4 is 0 Å². The summed E-state index contributed by atoms with van der Waals surface area (Å²) in [5, 5.41) is 11.8. The SMILES string of the molecule is COC(=O)[C@@H]1Cc2c([nH]c3ccccc23)[C@H]2C[C@@H](O)C[C@@H](c3ccc(F)cc3)N21. The molecule has 1 saturated heterocycles. The highest BCUT2D eigenvalue weighted by atomic mass is 19.1. The van der Waals surface area contributed by atoms with Crippen LogP contribution in [0, 0.1) is 5.82 Å². The number of methoxy groups -OCH3 is 1. The number of nitrogens with one attached hydrogen (secondary N) is 1. The maximum Gasteiger partial charge on any atom is 0.323 e. The molecule has 150 valence electrons. The Morgan fingerprint density at radius 2 is 1.86 bits per heavy atom. The van der Waals surface area contributed by atoms with E-state index in [-0.39, 0.29) is 23.9 Å². The number of H-pyrrole nitrogens is 1. The van der Waals surface area contributed by atoms with Gasteiger partial charge in [0.15, 0.2) is 0 Å². The highest BCUT2D eigenvalue weighted by molar-refractivity contribution is 5.87. The van der Waals surface area contributed by atoms with Crippen LogP contribution in [0.25, 0.3) is 10.9 Å². The molecule has 0 saturated carbocycles. The first kappa shape index (κ1) is 18.3. The summed E-state index contributed by atoms with van der Waals surface area (Å²) in [6, 6.07) is 13.6. The van der Waals surface area contributed by atoms with Crippen molar-refractivity contribution in [3.8, 4) is 0 Å². The van der Waals surface area contributed by atoms with Crippen LogP contribution in [0.5, 0.6) is 0 Å². The number of rotatable bonds is 2. The van der Waals surface area contributed by atoms with E-state index in [9.17, 15) is 14.3 Å². The summed E-state index contributed by atoms with van der Waals surface area (Å²) < 4.78 is 18.7. The first-order valence-electron chi connectivity index (χ1n) is 9.95. The summed E-state index contributed by atoms with van der Waals surface area (Å²) >= 11 is 0. The molecular formula is C23H23FN2O3. The van der Waals surface area contributed by atoms with E-state index >= 15 is 0 Å². The lowest BCUT2D eigenvalue weighted by Gasteiger charge is -2.49. The second-order valence-electron chi connectivity index (χ2n) is 7.96. The van der Waals surface area contributed by atoms with E-state index in [4.69, 9.17) is 4.74 Å². The van der Waals surface area contributed by atoms with Crippen molar-refractivity contribution in [3.05, 3.63) is 71.2 Å². The standard InChI is InChI=1S/C23H23FN2O3/c1-29-23(28)21-12-17-16-4-2-3-5-18(16)25-22(17)20-11-15(27)10-19(26(20)21)13-6-8-14(24)9-7-13/h2-9,15,19-21,25,27H,10-12H2,1H3/t15-,19-,20+,21-/m0/s1. The van der Waals surface area contributed by atoms with Gasteiger partial charge in [-0.25, -0.2) is 4.39 Å². The van der Waals surface area contributed by atoms with Crippen molar-refractivity contribution in [2.24, 2.45) is 0 Å². The Morgan fingerprint density at radius 1 is 1.14 bits per heavy atom. The molecule has 0 amide bonds. The number of esters is 1. The van der Waals surface area contributed by atoms with Crippen molar-refractivity contribution in [1.82, 2.24) is 9.88 Å². The molecule has 2 aromatic carbocycles. The Hall–Kier alpha value is -2.70. The highest BCUT2D eigenvalue weighted by Crippen LogP contribution is 2.48. The molecule has 29 heavy (non-hydrogen) atoms. The van der Waals surface area contributed by atoms with Crippen LogP contribution in [0.4, 0.5) is 4.39 Å². The fourth-order valence-electron chi connectivity index (χ4n) is 5.13. The number of hydrogen-bond acceptors (Lipinski definition) is 4. The zero-order chi connectivity index (χ0) is 20.1. The molecule has 0 unspecified atom stereocenters. The van der Waals surface area contributed by atoms with E-state index < -0.39 is 12.1 Å². The number of hydrogen-bond donors (Lipinski definition) is 2. The van der Waals surface area contributed by atoms with E-state index in [0.29, 0.717) is 19.3 Å². The van der Waals surface area contributed by atoms with Crippen LogP contribution in [0.15, 0.2) is 48.5 Å². The van der Waals surface area contributed by atoms with Crippen molar-refractivity contribution in [2.75, 3.05) is 7.11 Å². The van der Waals surface area contributed by atoms with Gasteiger partial charge in [-0.15, -0.1) is 0 Å². The van der Waals surface area contributed by atoms with Crippen molar-refractivity contribution in [1.29, 1.82) is 0 Å². The lowest BCUT2D eigenvalue weighted by molar-refractivity contribution is -0.153. The number of nitrogens with zero attached hydrogens (tertiary/aromatic N) is 1. The van der Waals surface area contributed by atoms with Gasteiger partial charge in [-0.3, -0.25) is 9.69 Å². The number of para-hydroxylation sites is 1. The number of carbonyl (C=O) groups excluding carboxylic acids is 1. The lowest BCUT2D eigenvalue weighted by Crippen LogP contribution is -2.53. The van der Waals surface area contributed by atoms with Gasteiger partial charge in [0.1, 0.15) is 11.9 Å². The first-order chi connectivity index (χ1) is 14.1. The van der Waals surface area contributed by atoms with Gasteiger partial charge in [0.25, 0.3) is 0 Å². The number of fused-ring (bicyclic) bond motifs is 5. The number of aromatic amines is 1. The fourth-order valence-corrected chi connectivity index (χ4v) is 5.13. The van der Waals surface area contributed by atoms with E-state index in [1.165, 1.54) is 19.2 Å². The summed E-state index contributed by atoms with van der Waals surface area (Å²) in [6.07, 6.45) is 1.05. The van der Waals surface area contributed by atoms with Gasteiger partial charge in [0.05, 0.1) is 19.3 Å². The summed E-state index contributed by atoms with van der Waals surface area (Å²) in [6.45, 7) is 0. The zero-order valence-corrected chi connectivity index (χ0v) is 16.1. The normalized spacial score (nSPS) is 26.7. The number of aliphatic hydroxyl groups is 1. The van der Waals surface area contributed by atoms with Crippen molar-refractivity contribution >= 4 is 16.9 Å². The molecule has 5 rings (SSSR count). The van der Waals surface area contributed by atoms with Crippen molar-refractivity contribution in [2.45, 2.75) is 43.5 Å². The van der Waals surface area contributed by atoms with Crippen LogP contribution in [0.1, 0.15) is 41.7 Å². The molecule has 0 radical (unpaired) electrons. The number of aliphatic hydroxyl groups excluding tert-OH is 1. The molecule has 3 heterocycles. The minimum atomic E-state index is -0.512. The van der Waals surface area contributed by atoms with Gasteiger partial charge in [0.2, 0.25) is 0 Å². The molecule has 6 heteroatoms. The van der Waals surface area contributed by atoms with Crippen LogP contribution in [-0.2, 0) is 16.0 Å². The van der Waals surface area contributed by atoms with Gasteiger partial charge >= 0.3 is 5.97 Å². The van der Waals surface area contributed by atoms with Gasteiger partial charge in [-0.05, 0) is 42.2 Å². The first-order valence-corrected chi connectivity index (χ1v) is 9.95. The second-order valence-corrected chi connectivity index (χ2v) is 7.96. The molecule has 1 aromatic heterocycles. The second kappa shape index (κ2) is 6.97. The maximum atomic E-state index is 13.5. The average Bonchev–Trinajstić information content (AvgIpc) is 3.11. The molecule has 0 aliphatic carbocycles. The predicted molar refractivity (Wildman–Crippen MR) is 107 cm³/mol.